The Morgan fingerprint density at radius 2 is 1.97 bits per heavy atom. The average molecular weight is 471 g/mol. The number of aliphatic carboxylic acids is 1. The number of benzene rings is 1. The number of nitrogens with two attached hydrogens (primary N) is 1. The molecule has 9 heteroatoms. The third-order valence-corrected chi connectivity index (χ3v) is 6.07. The van der Waals surface area contributed by atoms with Crippen LogP contribution in [0.25, 0.3) is 5.57 Å². The molecule has 0 aliphatic heterocycles. The number of rotatable bonds is 9. The fourth-order valence-corrected chi connectivity index (χ4v) is 4.58. The van der Waals surface area contributed by atoms with Crippen molar-refractivity contribution < 1.29 is 18.3 Å². The first-order valence-electron chi connectivity index (χ1n) is 11.0. The molecule has 0 amide bonds. The van der Waals surface area contributed by atoms with Crippen molar-refractivity contribution in [2.75, 3.05) is 11.2 Å². The van der Waals surface area contributed by atoms with E-state index in [1.807, 2.05) is 47.4 Å². The molecule has 1 saturated carbocycles. The van der Waals surface area contributed by atoms with Crippen LogP contribution in [0.1, 0.15) is 56.1 Å². The van der Waals surface area contributed by atoms with Gasteiger partial charge in [-0.15, -0.1) is 4.40 Å². The zero-order valence-electron chi connectivity index (χ0n) is 18.7. The minimum absolute atomic E-state index is 0.0325. The molecule has 1 aliphatic carbocycles. The second-order valence-corrected chi connectivity index (χ2v) is 9.84. The number of carbonyl (C=O) groups is 1. The first-order valence-corrected chi connectivity index (χ1v) is 12.9. The fourth-order valence-electron chi connectivity index (χ4n) is 4.15. The van der Waals surface area contributed by atoms with E-state index in [2.05, 4.69) is 9.38 Å². The Kier molecular flexibility index (Phi) is 8.21. The molecule has 33 heavy (non-hydrogen) atoms. The summed E-state index contributed by atoms with van der Waals surface area (Å²) in [5, 5.41) is 8.94. The number of guanidine groups is 1. The van der Waals surface area contributed by atoms with Gasteiger partial charge in [0.1, 0.15) is 0 Å². The number of unbranched alkanes of at least 4 members (excludes halogenated alkanes) is 1. The molecule has 0 bridgehead atoms. The zero-order valence-corrected chi connectivity index (χ0v) is 19.5. The summed E-state index contributed by atoms with van der Waals surface area (Å²) in [6.07, 6.45) is 11.7. The molecule has 3 rings (SSSR count). The summed E-state index contributed by atoms with van der Waals surface area (Å²) in [5.41, 5.74) is 9.72. The third-order valence-electron chi connectivity index (χ3n) is 5.55. The lowest BCUT2D eigenvalue weighted by molar-refractivity contribution is -0.137. The summed E-state index contributed by atoms with van der Waals surface area (Å²) in [4.78, 5) is 16.9. The largest absolute Gasteiger partial charge is 0.481 e. The Balaban J connectivity index is 2.02. The monoisotopic (exact) mass is 470 g/mol. The van der Waals surface area contributed by atoms with Crippen molar-refractivity contribution in [2.45, 2.75) is 51.0 Å². The Morgan fingerprint density at radius 3 is 2.61 bits per heavy atom. The SMILES string of the molecule is CS(=O)(=O)N=C(N)N(c1cccc(/C(=C\CCCC(=O)O)c2cccnc2)c1)C1CCCC1. The number of carboxylic acids is 1. The first kappa shape index (κ1) is 24.4. The molecule has 2 aromatic rings. The maximum atomic E-state index is 11.8. The van der Waals surface area contributed by atoms with E-state index in [0.29, 0.717) is 12.8 Å². The molecule has 1 fully saturated rings. The number of allylic oxidation sites excluding steroid dienone is 1. The van der Waals surface area contributed by atoms with Crippen molar-refractivity contribution in [3.8, 4) is 0 Å². The van der Waals surface area contributed by atoms with Crippen LogP contribution in [0.4, 0.5) is 5.69 Å². The Labute approximate surface area is 194 Å². The molecule has 1 aromatic heterocycles. The van der Waals surface area contributed by atoms with Gasteiger partial charge in [-0.05, 0) is 55.0 Å². The highest BCUT2D eigenvalue weighted by Crippen LogP contribution is 2.32. The number of sulfonamides is 1. The predicted molar refractivity (Wildman–Crippen MR) is 130 cm³/mol. The molecule has 8 nitrogen and oxygen atoms in total. The number of pyridine rings is 1. The third kappa shape index (κ3) is 7.15. The van der Waals surface area contributed by atoms with Gasteiger partial charge < -0.3 is 15.7 Å². The number of anilines is 1. The molecule has 1 aliphatic rings. The van der Waals surface area contributed by atoms with Crippen LogP contribution in [0.5, 0.6) is 0 Å². The second kappa shape index (κ2) is 11.1. The standard InChI is InChI=1S/C24H30N4O4S/c1-33(31,32)27-24(25)28(20-10-2-3-11-20)21-12-6-8-18(16-21)22(13-4-5-14-23(29)30)19-9-7-15-26-17-19/h6-9,12-13,15-17,20H,2-5,10-11,14H2,1H3,(H2,25,27)(H,29,30)/b22-13+. The van der Waals surface area contributed by atoms with Gasteiger partial charge in [0.15, 0.2) is 0 Å². The van der Waals surface area contributed by atoms with Crippen molar-refractivity contribution in [1.29, 1.82) is 0 Å². The molecule has 0 saturated heterocycles. The number of aromatic nitrogens is 1. The Hall–Kier alpha value is -3.20. The second-order valence-electron chi connectivity index (χ2n) is 8.19. The van der Waals surface area contributed by atoms with E-state index in [4.69, 9.17) is 10.8 Å². The van der Waals surface area contributed by atoms with Crippen LogP contribution in [-0.4, -0.2) is 42.7 Å². The molecular weight excluding hydrogens is 440 g/mol. The van der Waals surface area contributed by atoms with E-state index in [1.54, 1.807) is 12.4 Å². The van der Waals surface area contributed by atoms with Crippen LogP contribution < -0.4 is 10.6 Å². The molecule has 0 atom stereocenters. The maximum absolute atomic E-state index is 11.8. The number of carboxylic acid groups (broad SMARTS) is 1. The van der Waals surface area contributed by atoms with Gasteiger partial charge in [0.2, 0.25) is 5.96 Å². The molecule has 0 unspecified atom stereocenters. The zero-order chi connectivity index (χ0) is 23.8. The summed E-state index contributed by atoms with van der Waals surface area (Å²) >= 11 is 0. The van der Waals surface area contributed by atoms with E-state index in [0.717, 1.165) is 54.3 Å². The number of nitrogens with zero attached hydrogens (tertiary/aromatic N) is 3. The van der Waals surface area contributed by atoms with Gasteiger partial charge in [-0.25, -0.2) is 8.42 Å². The molecule has 1 aromatic carbocycles. The fraction of sp³-hybridized carbons (Fsp3) is 0.375. The molecule has 3 N–H and O–H groups in total. The van der Waals surface area contributed by atoms with Crippen LogP contribution in [0.15, 0.2) is 59.3 Å². The van der Waals surface area contributed by atoms with Crippen LogP contribution in [-0.2, 0) is 14.8 Å². The Morgan fingerprint density at radius 1 is 1.24 bits per heavy atom. The normalized spacial score (nSPS) is 15.5. The summed E-state index contributed by atoms with van der Waals surface area (Å²) in [6.45, 7) is 0. The van der Waals surface area contributed by atoms with Gasteiger partial charge in [-0.3, -0.25) is 9.78 Å². The summed E-state index contributed by atoms with van der Waals surface area (Å²) in [6, 6.07) is 11.6. The van der Waals surface area contributed by atoms with E-state index in [9.17, 15) is 13.2 Å². The van der Waals surface area contributed by atoms with Crippen molar-refractivity contribution in [1.82, 2.24) is 4.98 Å². The predicted octanol–water partition coefficient (Wildman–Crippen LogP) is 3.79. The number of hydrogen-bond acceptors (Lipinski definition) is 4. The molecule has 1 heterocycles. The summed E-state index contributed by atoms with van der Waals surface area (Å²) in [7, 11) is -3.64. The van der Waals surface area contributed by atoms with E-state index in [1.165, 1.54) is 0 Å². The average Bonchev–Trinajstić information content (AvgIpc) is 3.27. The lowest BCUT2D eigenvalue weighted by atomic mass is 9.96. The quantitative estimate of drug-likeness (QED) is 0.324. The Bertz CT molecular complexity index is 1120. The van der Waals surface area contributed by atoms with Gasteiger partial charge >= 0.3 is 5.97 Å². The smallest absolute Gasteiger partial charge is 0.303 e. The van der Waals surface area contributed by atoms with Gasteiger partial charge in [0.25, 0.3) is 10.0 Å². The van der Waals surface area contributed by atoms with Gasteiger partial charge in [-0.1, -0.05) is 37.1 Å². The lowest BCUT2D eigenvalue weighted by Gasteiger charge is -2.30. The minimum atomic E-state index is -3.64. The van der Waals surface area contributed by atoms with Crippen molar-refractivity contribution >= 4 is 33.2 Å². The van der Waals surface area contributed by atoms with Crippen LogP contribution in [0.3, 0.4) is 0 Å². The van der Waals surface area contributed by atoms with Crippen molar-refractivity contribution in [2.24, 2.45) is 10.1 Å². The number of hydrogen-bond donors (Lipinski definition) is 2. The first-order chi connectivity index (χ1) is 15.7. The van der Waals surface area contributed by atoms with Gasteiger partial charge in [0, 0.05) is 36.1 Å². The van der Waals surface area contributed by atoms with Crippen molar-refractivity contribution in [3.63, 3.8) is 0 Å². The molecule has 176 valence electrons. The van der Waals surface area contributed by atoms with Crippen LogP contribution in [0, 0.1) is 0 Å². The molecule has 0 radical (unpaired) electrons. The van der Waals surface area contributed by atoms with Crippen molar-refractivity contribution in [3.05, 3.63) is 66.0 Å². The molecular formula is C24H30N4O4S. The highest BCUT2D eigenvalue weighted by atomic mass is 32.2. The van der Waals surface area contributed by atoms with E-state index >= 15 is 0 Å². The highest BCUT2D eigenvalue weighted by Gasteiger charge is 2.27. The molecule has 0 spiro atoms. The van der Waals surface area contributed by atoms with Gasteiger partial charge in [-0.2, -0.15) is 0 Å². The van der Waals surface area contributed by atoms with E-state index < -0.39 is 16.0 Å². The lowest BCUT2D eigenvalue weighted by Crippen LogP contribution is -2.44. The minimum Gasteiger partial charge on any atom is -0.481 e. The van der Waals surface area contributed by atoms with Gasteiger partial charge in [0.05, 0.1) is 6.26 Å². The topological polar surface area (TPSA) is 126 Å². The summed E-state index contributed by atoms with van der Waals surface area (Å²) in [5.74, 6) is -0.851. The van der Waals surface area contributed by atoms with Crippen LogP contribution in [0.2, 0.25) is 0 Å². The van der Waals surface area contributed by atoms with Crippen LogP contribution >= 0.6 is 0 Å². The summed E-state index contributed by atoms with van der Waals surface area (Å²) < 4.78 is 27.3. The maximum Gasteiger partial charge on any atom is 0.303 e. The van der Waals surface area contributed by atoms with E-state index in [-0.39, 0.29) is 18.4 Å². The highest BCUT2D eigenvalue weighted by molar-refractivity contribution is 7.89.